The van der Waals surface area contributed by atoms with Gasteiger partial charge in [0.25, 0.3) is 0 Å². The van der Waals surface area contributed by atoms with Gasteiger partial charge in [-0.1, -0.05) is 25.4 Å². The van der Waals surface area contributed by atoms with Crippen LogP contribution in [0.5, 0.6) is 0 Å². The molecule has 0 aliphatic heterocycles. The van der Waals surface area contributed by atoms with Crippen LogP contribution in [0.25, 0.3) is 0 Å². The van der Waals surface area contributed by atoms with Gasteiger partial charge in [0, 0.05) is 17.4 Å². The highest BCUT2D eigenvalue weighted by Gasteiger charge is 2.45. The highest BCUT2D eigenvalue weighted by Crippen LogP contribution is 2.45. The first-order valence-electron chi connectivity index (χ1n) is 5.02. The maximum absolute atomic E-state index is 5.82. The minimum atomic E-state index is 0.310. The SMILES string of the molecule is CC(C)C1(Nc2ccnc(Cl)c2)CC1. The zero-order valence-electron chi connectivity index (χ0n) is 8.55. The van der Waals surface area contributed by atoms with Crippen molar-refractivity contribution in [2.75, 3.05) is 5.32 Å². The fraction of sp³-hybridized carbons (Fsp3) is 0.545. The van der Waals surface area contributed by atoms with Crippen molar-refractivity contribution in [3.63, 3.8) is 0 Å². The van der Waals surface area contributed by atoms with E-state index in [0.29, 0.717) is 16.6 Å². The first kappa shape index (κ1) is 9.78. The molecule has 1 aliphatic carbocycles. The smallest absolute Gasteiger partial charge is 0.131 e. The van der Waals surface area contributed by atoms with Crippen molar-refractivity contribution in [1.29, 1.82) is 0 Å². The Kier molecular flexibility index (Phi) is 2.40. The molecule has 1 fully saturated rings. The second kappa shape index (κ2) is 3.43. The second-order valence-electron chi connectivity index (χ2n) is 4.30. The maximum Gasteiger partial charge on any atom is 0.131 e. The third kappa shape index (κ3) is 1.85. The second-order valence-corrected chi connectivity index (χ2v) is 4.69. The van der Waals surface area contributed by atoms with E-state index in [4.69, 9.17) is 11.6 Å². The zero-order valence-corrected chi connectivity index (χ0v) is 9.30. The van der Waals surface area contributed by atoms with E-state index in [1.165, 1.54) is 12.8 Å². The van der Waals surface area contributed by atoms with Crippen LogP contribution in [0.3, 0.4) is 0 Å². The molecule has 1 aromatic heterocycles. The minimum absolute atomic E-state index is 0.310. The van der Waals surface area contributed by atoms with E-state index < -0.39 is 0 Å². The van der Waals surface area contributed by atoms with Gasteiger partial charge < -0.3 is 5.32 Å². The lowest BCUT2D eigenvalue weighted by atomic mass is 10.0. The van der Waals surface area contributed by atoms with Gasteiger partial charge in [-0.3, -0.25) is 0 Å². The molecular weight excluding hydrogens is 196 g/mol. The predicted octanol–water partition coefficient (Wildman–Crippen LogP) is 3.34. The van der Waals surface area contributed by atoms with Crippen LogP contribution < -0.4 is 5.32 Å². The standard InChI is InChI=1S/C11H15ClN2/c1-8(2)11(4-5-11)14-9-3-6-13-10(12)7-9/h3,6-8H,4-5H2,1-2H3,(H,13,14). The van der Waals surface area contributed by atoms with Crippen LogP contribution in [0, 0.1) is 5.92 Å². The number of hydrogen-bond acceptors (Lipinski definition) is 2. The van der Waals surface area contributed by atoms with Crippen LogP contribution >= 0.6 is 11.6 Å². The summed E-state index contributed by atoms with van der Waals surface area (Å²) in [6.45, 7) is 4.51. The molecule has 1 aromatic rings. The third-order valence-corrected chi connectivity index (χ3v) is 3.22. The summed E-state index contributed by atoms with van der Waals surface area (Å²) in [7, 11) is 0. The molecule has 1 N–H and O–H groups in total. The molecule has 0 saturated heterocycles. The van der Waals surface area contributed by atoms with Crippen molar-refractivity contribution < 1.29 is 0 Å². The average Bonchev–Trinajstić information content (AvgIpc) is 2.85. The van der Waals surface area contributed by atoms with Gasteiger partial charge in [0.05, 0.1) is 0 Å². The highest BCUT2D eigenvalue weighted by molar-refractivity contribution is 6.29. The van der Waals surface area contributed by atoms with E-state index in [2.05, 4.69) is 24.1 Å². The van der Waals surface area contributed by atoms with E-state index in [1.807, 2.05) is 12.1 Å². The third-order valence-electron chi connectivity index (χ3n) is 3.01. The number of pyridine rings is 1. The van der Waals surface area contributed by atoms with Crippen molar-refractivity contribution in [3.8, 4) is 0 Å². The lowest BCUT2D eigenvalue weighted by Gasteiger charge is -2.22. The Balaban J connectivity index is 2.11. The largest absolute Gasteiger partial charge is 0.379 e. The van der Waals surface area contributed by atoms with Crippen molar-refractivity contribution >= 4 is 17.3 Å². The lowest BCUT2D eigenvalue weighted by molar-refractivity contribution is 0.512. The molecule has 3 heteroatoms. The summed E-state index contributed by atoms with van der Waals surface area (Å²) in [5.74, 6) is 0.662. The van der Waals surface area contributed by atoms with Gasteiger partial charge in [0.2, 0.25) is 0 Å². The predicted molar refractivity (Wildman–Crippen MR) is 59.7 cm³/mol. The molecule has 0 bridgehead atoms. The normalized spacial score (nSPS) is 18.3. The van der Waals surface area contributed by atoms with E-state index in [-0.39, 0.29) is 0 Å². The maximum atomic E-state index is 5.82. The van der Waals surface area contributed by atoms with Gasteiger partial charge >= 0.3 is 0 Å². The molecule has 1 aliphatic rings. The van der Waals surface area contributed by atoms with E-state index in [9.17, 15) is 0 Å². The van der Waals surface area contributed by atoms with Crippen LogP contribution in [-0.2, 0) is 0 Å². The van der Waals surface area contributed by atoms with Gasteiger partial charge in [-0.05, 0) is 30.9 Å². The quantitative estimate of drug-likeness (QED) is 0.775. The number of anilines is 1. The van der Waals surface area contributed by atoms with Crippen LogP contribution in [0.2, 0.25) is 5.15 Å². The molecule has 0 radical (unpaired) electrons. The summed E-state index contributed by atoms with van der Waals surface area (Å²) in [6.07, 6.45) is 4.25. The molecule has 1 heterocycles. The molecule has 0 spiro atoms. The van der Waals surface area contributed by atoms with Crippen molar-refractivity contribution in [1.82, 2.24) is 4.98 Å². The summed E-state index contributed by atoms with van der Waals surface area (Å²) >= 11 is 5.82. The minimum Gasteiger partial charge on any atom is -0.379 e. The Hall–Kier alpha value is -0.760. The van der Waals surface area contributed by atoms with Crippen molar-refractivity contribution in [3.05, 3.63) is 23.5 Å². The Morgan fingerprint density at radius 2 is 2.21 bits per heavy atom. The zero-order chi connectivity index (χ0) is 10.2. The molecule has 2 rings (SSSR count). The summed E-state index contributed by atoms with van der Waals surface area (Å²) in [5.41, 5.74) is 1.39. The number of aromatic nitrogens is 1. The van der Waals surface area contributed by atoms with Gasteiger partial charge in [0.1, 0.15) is 5.15 Å². The molecule has 0 atom stereocenters. The van der Waals surface area contributed by atoms with Crippen LogP contribution in [0.1, 0.15) is 26.7 Å². The van der Waals surface area contributed by atoms with Crippen LogP contribution in [-0.4, -0.2) is 10.5 Å². The number of rotatable bonds is 3. The van der Waals surface area contributed by atoms with Crippen molar-refractivity contribution in [2.45, 2.75) is 32.2 Å². The van der Waals surface area contributed by atoms with E-state index in [1.54, 1.807) is 6.20 Å². The molecular formula is C11H15ClN2. The number of nitrogens with one attached hydrogen (secondary N) is 1. The first-order chi connectivity index (χ1) is 6.62. The Morgan fingerprint density at radius 1 is 1.50 bits per heavy atom. The molecule has 76 valence electrons. The number of nitrogens with zero attached hydrogens (tertiary/aromatic N) is 1. The van der Waals surface area contributed by atoms with Crippen LogP contribution in [0.4, 0.5) is 5.69 Å². The monoisotopic (exact) mass is 210 g/mol. The molecule has 1 saturated carbocycles. The molecule has 0 aromatic carbocycles. The van der Waals surface area contributed by atoms with Gasteiger partial charge in [-0.2, -0.15) is 0 Å². The summed E-state index contributed by atoms with van der Waals surface area (Å²) in [6, 6.07) is 3.85. The Bertz CT molecular complexity index is 332. The molecule has 0 unspecified atom stereocenters. The highest BCUT2D eigenvalue weighted by atomic mass is 35.5. The van der Waals surface area contributed by atoms with Gasteiger partial charge in [0.15, 0.2) is 0 Å². The fourth-order valence-corrected chi connectivity index (χ4v) is 1.92. The average molecular weight is 211 g/mol. The summed E-state index contributed by atoms with van der Waals surface area (Å²) < 4.78 is 0. The van der Waals surface area contributed by atoms with E-state index in [0.717, 1.165) is 5.69 Å². The first-order valence-corrected chi connectivity index (χ1v) is 5.40. The van der Waals surface area contributed by atoms with E-state index >= 15 is 0 Å². The van der Waals surface area contributed by atoms with Crippen LogP contribution in [0.15, 0.2) is 18.3 Å². The Labute approximate surface area is 89.7 Å². The van der Waals surface area contributed by atoms with Crippen molar-refractivity contribution in [2.24, 2.45) is 5.92 Å². The lowest BCUT2D eigenvalue weighted by Crippen LogP contribution is -2.27. The topological polar surface area (TPSA) is 24.9 Å². The molecule has 14 heavy (non-hydrogen) atoms. The molecule has 2 nitrogen and oxygen atoms in total. The number of halogens is 1. The summed E-state index contributed by atoms with van der Waals surface area (Å²) in [5, 5.41) is 4.10. The molecule has 0 amide bonds. The van der Waals surface area contributed by atoms with Gasteiger partial charge in [-0.25, -0.2) is 4.98 Å². The summed E-state index contributed by atoms with van der Waals surface area (Å²) in [4.78, 5) is 3.96. The van der Waals surface area contributed by atoms with Gasteiger partial charge in [-0.15, -0.1) is 0 Å². The Morgan fingerprint density at radius 3 is 2.71 bits per heavy atom. The number of hydrogen-bond donors (Lipinski definition) is 1. The fourth-order valence-electron chi connectivity index (χ4n) is 1.75.